The predicted molar refractivity (Wildman–Crippen MR) is 122 cm³/mol. The summed E-state index contributed by atoms with van der Waals surface area (Å²) in [5.74, 6) is -0.696. The van der Waals surface area contributed by atoms with E-state index in [4.69, 9.17) is 5.10 Å². The molecule has 0 saturated heterocycles. The van der Waals surface area contributed by atoms with Crippen LogP contribution >= 0.6 is 0 Å². The molecule has 32 heavy (non-hydrogen) atoms. The number of nitrogens with one attached hydrogen (secondary N) is 1. The van der Waals surface area contributed by atoms with Crippen LogP contribution in [0.2, 0.25) is 0 Å². The molecule has 0 aliphatic rings. The number of carbonyl (C=O) groups is 1. The summed E-state index contributed by atoms with van der Waals surface area (Å²) < 4.78 is 16.6. The summed E-state index contributed by atoms with van der Waals surface area (Å²) in [5, 5.41) is 8.35. The second kappa shape index (κ2) is 8.78. The standard InChI is InChI=1S/C25H25FN4O2/c1-4-19-13-23(32)29(15-22(31)27-14-18-6-5-7-20(26)12-18)25-24(19)17(3)28-30(25)21-10-8-16(2)9-11-21/h5-13H,4,14-15H2,1-3H3,(H,27,31). The minimum atomic E-state index is -0.359. The molecule has 4 rings (SSSR count). The summed E-state index contributed by atoms with van der Waals surface area (Å²) in [6.07, 6.45) is 0.679. The van der Waals surface area contributed by atoms with Gasteiger partial charge in [-0.3, -0.25) is 14.2 Å². The van der Waals surface area contributed by atoms with Crippen LogP contribution in [0.4, 0.5) is 4.39 Å². The lowest BCUT2D eigenvalue weighted by atomic mass is 10.1. The topological polar surface area (TPSA) is 68.9 Å². The molecule has 2 heterocycles. The van der Waals surface area contributed by atoms with E-state index >= 15 is 0 Å². The molecular weight excluding hydrogens is 407 g/mol. The minimum absolute atomic E-state index is 0.161. The van der Waals surface area contributed by atoms with Crippen molar-refractivity contribution in [2.45, 2.75) is 40.3 Å². The lowest BCUT2D eigenvalue weighted by Gasteiger charge is -2.13. The van der Waals surface area contributed by atoms with Crippen molar-refractivity contribution in [3.8, 4) is 5.69 Å². The molecule has 1 amide bonds. The van der Waals surface area contributed by atoms with E-state index in [1.807, 2.05) is 45.0 Å². The third-order valence-electron chi connectivity index (χ3n) is 5.52. The van der Waals surface area contributed by atoms with Gasteiger partial charge in [-0.15, -0.1) is 0 Å². The molecule has 0 atom stereocenters. The van der Waals surface area contributed by atoms with Gasteiger partial charge in [-0.1, -0.05) is 36.8 Å². The number of carbonyl (C=O) groups excluding carboxylic acids is 1. The molecular formula is C25H25FN4O2. The molecule has 0 aliphatic heterocycles. The predicted octanol–water partition coefficient (Wildman–Crippen LogP) is 3.82. The monoisotopic (exact) mass is 432 g/mol. The van der Waals surface area contributed by atoms with Gasteiger partial charge < -0.3 is 5.32 Å². The fraction of sp³-hybridized carbons (Fsp3) is 0.240. The maximum Gasteiger partial charge on any atom is 0.252 e. The van der Waals surface area contributed by atoms with E-state index in [1.165, 1.54) is 16.7 Å². The van der Waals surface area contributed by atoms with Gasteiger partial charge in [0.1, 0.15) is 18.0 Å². The Hall–Kier alpha value is -3.74. The molecule has 4 aromatic rings. The van der Waals surface area contributed by atoms with E-state index in [0.717, 1.165) is 27.9 Å². The van der Waals surface area contributed by atoms with Gasteiger partial charge in [0.2, 0.25) is 5.91 Å². The number of fused-ring (bicyclic) bond motifs is 1. The summed E-state index contributed by atoms with van der Waals surface area (Å²) in [6, 6.07) is 15.5. The summed E-state index contributed by atoms with van der Waals surface area (Å²) in [6.45, 7) is 5.92. The molecule has 0 aliphatic carbocycles. The molecule has 7 heteroatoms. The fourth-order valence-corrected chi connectivity index (χ4v) is 3.89. The molecule has 164 valence electrons. The van der Waals surface area contributed by atoms with Gasteiger partial charge in [0, 0.05) is 18.0 Å². The number of hydrogen-bond donors (Lipinski definition) is 1. The number of amides is 1. The first-order chi connectivity index (χ1) is 15.4. The summed E-state index contributed by atoms with van der Waals surface area (Å²) in [4.78, 5) is 25.7. The third kappa shape index (κ3) is 4.19. The van der Waals surface area contributed by atoms with Gasteiger partial charge in [-0.25, -0.2) is 9.07 Å². The van der Waals surface area contributed by atoms with Crippen molar-refractivity contribution in [2.75, 3.05) is 0 Å². The molecule has 2 aromatic carbocycles. The van der Waals surface area contributed by atoms with Crippen molar-refractivity contribution in [1.29, 1.82) is 0 Å². The number of halogens is 1. The molecule has 6 nitrogen and oxygen atoms in total. The van der Waals surface area contributed by atoms with Gasteiger partial charge in [0.05, 0.1) is 11.4 Å². The zero-order valence-electron chi connectivity index (χ0n) is 18.4. The molecule has 0 bridgehead atoms. The Morgan fingerprint density at radius 2 is 1.84 bits per heavy atom. The van der Waals surface area contributed by atoms with Crippen LogP contribution < -0.4 is 10.9 Å². The molecule has 0 spiro atoms. The summed E-state index contributed by atoms with van der Waals surface area (Å²) >= 11 is 0. The third-order valence-corrected chi connectivity index (χ3v) is 5.52. The Labute approximate surface area is 185 Å². The zero-order chi connectivity index (χ0) is 22.8. The van der Waals surface area contributed by atoms with Crippen LogP contribution in [0.15, 0.2) is 59.4 Å². The molecule has 2 aromatic heterocycles. The van der Waals surface area contributed by atoms with Gasteiger partial charge in [0.25, 0.3) is 5.56 Å². The maximum absolute atomic E-state index is 13.4. The molecule has 0 fully saturated rings. The number of hydrogen-bond acceptors (Lipinski definition) is 3. The van der Waals surface area contributed by atoms with Gasteiger partial charge >= 0.3 is 0 Å². The van der Waals surface area contributed by atoms with Crippen molar-refractivity contribution in [2.24, 2.45) is 0 Å². The Kier molecular flexibility index (Phi) is 5.90. The second-order valence-corrected chi connectivity index (χ2v) is 7.89. The Balaban J connectivity index is 1.74. The van der Waals surface area contributed by atoms with Crippen LogP contribution in [0.25, 0.3) is 16.7 Å². The smallest absolute Gasteiger partial charge is 0.252 e. The quantitative estimate of drug-likeness (QED) is 0.504. The molecule has 0 saturated carbocycles. The average Bonchev–Trinajstić information content (AvgIpc) is 3.12. The molecule has 1 N–H and O–H groups in total. The van der Waals surface area contributed by atoms with E-state index in [9.17, 15) is 14.0 Å². The number of rotatable bonds is 6. The maximum atomic E-state index is 13.4. The van der Waals surface area contributed by atoms with Crippen molar-refractivity contribution in [3.63, 3.8) is 0 Å². The Morgan fingerprint density at radius 3 is 2.53 bits per heavy atom. The highest BCUT2D eigenvalue weighted by Gasteiger charge is 2.19. The van der Waals surface area contributed by atoms with Crippen LogP contribution in [0.5, 0.6) is 0 Å². The van der Waals surface area contributed by atoms with Gasteiger partial charge in [-0.2, -0.15) is 5.10 Å². The lowest BCUT2D eigenvalue weighted by Crippen LogP contribution is -2.33. The summed E-state index contributed by atoms with van der Waals surface area (Å²) in [5.41, 5.74) is 4.61. The first kappa shape index (κ1) is 21.5. The first-order valence-corrected chi connectivity index (χ1v) is 10.6. The van der Waals surface area contributed by atoms with Crippen molar-refractivity contribution >= 4 is 16.9 Å². The highest BCUT2D eigenvalue weighted by atomic mass is 19.1. The van der Waals surface area contributed by atoms with Crippen LogP contribution in [-0.2, 0) is 24.3 Å². The van der Waals surface area contributed by atoms with Crippen molar-refractivity contribution in [3.05, 3.63) is 93.2 Å². The SMILES string of the molecule is CCc1cc(=O)n(CC(=O)NCc2cccc(F)c2)c2c1c(C)nn2-c1ccc(C)cc1. The van der Waals surface area contributed by atoms with Crippen LogP contribution in [0.3, 0.4) is 0 Å². The largest absolute Gasteiger partial charge is 0.350 e. The Bertz CT molecular complexity index is 1350. The van der Waals surface area contributed by atoms with E-state index in [1.54, 1.807) is 22.9 Å². The normalized spacial score (nSPS) is 11.1. The van der Waals surface area contributed by atoms with Crippen molar-refractivity contribution in [1.82, 2.24) is 19.7 Å². The van der Waals surface area contributed by atoms with Crippen LogP contribution in [0.1, 0.15) is 29.3 Å². The van der Waals surface area contributed by atoms with E-state index in [2.05, 4.69) is 5.32 Å². The fourth-order valence-electron chi connectivity index (χ4n) is 3.89. The number of aryl methyl sites for hydroxylation is 3. The number of benzene rings is 2. The van der Waals surface area contributed by atoms with Crippen LogP contribution in [-0.4, -0.2) is 20.3 Å². The van der Waals surface area contributed by atoms with Gasteiger partial charge in [-0.05, 0) is 55.7 Å². The average molecular weight is 432 g/mol. The van der Waals surface area contributed by atoms with E-state index < -0.39 is 0 Å². The van der Waals surface area contributed by atoms with E-state index in [0.29, 0.717) is 17.6 Å². The first-order valence-electron chi connectivity index (χ1n) is 10.6. The minimum Gasteiger partial charge on any atom is -0.350 e. The number of nitrogens with zero attached hydrogens (tertiary/aromatic N) is 3. The Morgan fingerprint density at radius 1 is 1.09 bits per heavy atom. The van der Waals surface area contributed by atoms with E-state index in [-0.39, 0.29) is 30.4 Å². The summed E-state index contributed by atoms with van der Waals surface area (Å²) in [7, 11) is 0. The zero-order valence-corrected chi connectivity index (χ0v) is 18.4. The highest BCUT2D eigenvalue weighted by molar-refractivity contribution is 5.85. The van der Waals surface area contributed by atoms with Crippen LogP contribution in [0, 0.1) is 19.7 Å². The molecule has 0 radical (unpaired) electrons. The number of pyridine rings is 1. The number of aromatic nitrogens is 3. The van der Waals surface area contributed by atoms with Crippen molar-refractivity contribution < 1.29 is 9.18 Å². The second-order valence-electron chi connectivity index (χ2n) is 7.89. The lowest BCUT2D eigenvalue weighted by molar-refractivity contribution is -0.121. The molecule has 0 unspecified atom stereocenters. The highest BCUT2D eigenvalue weighted by Crippen LogP contribution is 2.25. The van der Waals surface area contributed by atoms with Gasteiger partial charge in [0.15, 0.2) is 0 Å².